The molecule has 0 rings (SSSR count). The SMILES string of the molecule is CC(Cl)CCS(=O)(=O)OO.[NaH]. The van der Waals surface area contributed by atoms with Crippen LogP contribution in [0.3, 0.4) is 0 Å². The van der Waals surface area contributed by atoms with E-state index >= 15 is 0 Å². The molecule has 7 heteroatoms. The van der Waals surface area contributed by atoms with E-state index in [9.17, 15) is 8.42 Å². The Balaban J connectivity index is 0. The molecule has 0 aromatic carbocycles. The molecule has 1 N–H and O–H groups in total. The van der Waals surface area contributed by atoms with Gasteiger partial charge in [-0.15, -0.1) is 15.9 Å². The van der Waals surface area contributed by atoms with Gasteiger partial charge in [-0.3, -0.25) is 0 Å². The summed E-state index contributed by atoms with van der Waals surface area (Å²) in [6, 6.07) is 0. The van der Waals surface area contributed by atoms with E-state index in [-0.39, 0.29) is 47.1 Å². The van der Waals surface area contributed by atoms with Gasteiger partial charge in [0, 0.05) is 5.38 Å². The first-order chi connectivity index (χ1) is 4.48. The summed E-state index contributed by atoms with van der Waals surface area (Å²) in [6.45, 7) is 1.66. The predicted molar refractivity (Wildman–Crippen MR) is 44.6 cm³/mol. The van der Waals surface area contributed by atoms with Crippen molar-refractivity contribution in [1.82, 2.24) is 0 Å². The summed E-state index contributed by atoms with van der Waals surface area (Å²) in [5, 5.41) is 7.54. The average molecular weight is 213 g/mol. The van der Waals surface area contributed by atoms with Gasteiger partial charge in [0.15, 0.2) is 0 Å². The summed E-state index contributed by atoms with van der Waals surface area (Å²) < 4.78 is 23.9. The molecule has 0 aliphatic heterocycles. The molecule has 0 aromatic rings. The molecule has 0 saturated carbocycles. The van der Waals surface area contributed by atoms with Gasteiger partial charge in [0.05, 0.1) is 5.75 Å². The Morgan fingerprint density at radius 3 is 2.36 bits per heavy atom. The Kier molecular flexibility index (Phi) is 8.87. The minimum atomic E-state index is -3.74. The third-order valence-electron chi connectivity index (χ3n) is 0.879. The van der Waals surface area contributed by atoms with Gasteiger partial charge in [-0.05, 0) is 13.3 Å². The van der Waals surface area contributed by atoms with Crippen LogP contribution in [-0.2, 0) is 14.5 Å². The van der Waals surface area contributed by atoms with Crippen molar-refractivity contribution in [1.29, 1.82) is 0 Å². The first kappa shape index (κ1) is 14.7. The third-order valence-corrected chi connectivity index (χ3v) is 2.06. The van der Waals surface area contributed by atoms with Gasteiger partial charge in [-0.2, -0.15) is 8.42 Å². The maximum absolute atomic E-state index is 10.4. The predicted octanol–water partition coefficient (Wildman–Crippen LogP) is 0.175. The molecule has 0 aliphatic carbocycles. The standard InChI is InChI=1S/C4H9ClO4S.Na.H/c1-4(5)2-3-10(7,8)9-6;;/h4,6H,2-3H2,1H3;;. The van der Waals surface area contributed by atoms with Crippen LogP contribution in [-0.4, -0.2) is 54.4 Å². The second kappa shape index (κ2) is 6.65. The zero-order chi connectivity index (χ0) is 8.20. The molecule has 1 unspecified atom stereocenters. The van der Waals surface area contributed by atoms with Gasteiger partial charge >= 0.3 is 29.6 Å². The van der Waals surface area contributed by atoms with Gasteiger partial charge in [0.25, 0.3) is 10.1 Å². The number of rotatable bonds is 4. The molecule has 0 heterocycles. The summed E-state index contributed by atoms with van der Waals surface area (Å²) in [5.41, 5.74) is 0. The number of hydrogen-bond donors (Lipinski definition) is 1. The topological polar surface area (TPSA) is 63.6 Å². The van der Waals surface area contributed by atoms with Crippen LogP contribution in [0.2, 0.25) is 0 Å². The fourth-order valence-corrected chi connectivity index (χ4v) is 1.30. The van der Waals surface area contributed by atoms with E-state index in [0.717, 1.165) is 0 Å². The zero-order valence-electron chi connectivity index (χ0n) is 5.45. The van der Waals surface area contributed by atoms with E-state index in [1.165, 1.54) is 0 Å². The fraction of sp³-hybridized carbons (Fsp3) is 1.00. The minimum absolute atomic E-state index is 0. The molecule has 0 aromatic heterocycles. The summed E-state index contributed by atoms with van der Waals surface area (Å²) in [6.07, 6.45) is 0.268. The molecule has 4 nitrogen and oxygen atoms in total. The van der Waals surface area contributed by atoms with Gasteiger partial charge in [0.1, 0.15) is 0 Å². The van der Waals surface area contributed by atoms with E-state index in [0.29, 0.717) is 0 Å². The molecule has 0 aliphatic rings. The molecular formula is C4H10ClNaO4S. The van der Waals surface area contributed by atoms with E-state index in [2.05, 4.69) is 4.33 Å². The second-order valence-corrected chi connectivity index (χ2v) is 4.32. The molecular weight excluding hydrogens is 203 g/mol. The van der Waals surface area contributed by atoms with Crippen LogP contribution in [0.4, 0.5) is 0 Å². The molecule has 64 valence electrons. The van der Waals surface area contributed by atoms with Gasteiger partial charge in [-0.1, -0.05) is 0 Å². The number of halogens is 1. The Hall–Kier alpha value is 1.16. The fourth-order valence-electron chi connectivity index (χ4n) is 0.344. The van der Waals surface area contributed by atoms with Crippen LogP contribution in [0.15, 0.2) is 0 Å². The summed E-state index contributed by atoms with van der Waals surface area (Å²) in [4.78, 5) is 0. The summed E-state index contributed by atoms with van der Waals surface area (Å²) in [7, 11) is -3.74. The van der Waals surface area contributed by atoms with Crippen molar-refractivity contribution >= 4 is 51.3 Å². The van der Waals surface area contributed by atoms with Crippen LogP contribution >= 0.6 is 11.6 Å². The molecule has 0 amide bonds. The molecule has 1 atom stereocenters. The van der Waals surface area contributed by atoms with Gasteiger partial charge in [0.2, 0.25) is 0 Å². The van der Waals surface area contributed by atoms with Crippen molar-refractivity contribution in [2.45, 2.75) is 18.7 Å². The van der Waals surface area contributed by atoms with Crippen LogP contribution < -0.4 is 0 Å². The Labute approximate surface area is 93.2 Å². The monoisotopic (exact) mass is 212 g/mol. The van der Waals surface area contributed by atoms with Crippen molar-refractivity contribution in [2.75, 3.05) is 5.75 Å². The molecule has 0 spiro atoms. The summed E-state index contributed by atoms with van der Waals surface area (Å²) >= 11 is 5.44. The van der Waals surface area contributed by atoms with Crippen molar-refractivity contribution in [2.24, 2.45) is 0 Å². The Morgan fingerprint density at radius 1 is 1.64 bits per heavy atom. The third kappa shape index (κ3) is 9.07. The van der Waals surface area contributed by atoms with Crippen LogP contribution in [0.1, 0.15) is 13.3 Å². The van der Waals surface area contributed by atoms with E-state index in [4.69, 9.17) is 16.9 Å². The van der Waals surface area contributed by atoms with Crippen LogP contribution in [0, 0.1) is 0 Å². The first-order valence-electron chi connectivity index (χ1n) is 2.68. The Morgan fingerprint density at radius 2 is 2.09 bits per heavy atom. The maximum atomic E-state index is 10.4. The normalized spacial score (nSPS) is 13.7. The second-order valence-electron chi connectivity index (χ2n) is 1.91. The van der Waals surface area contributed by atoms with E-state index < -0.39 is 10.1 Å². The van der Waals surface area contributed by atoms with Crippen molar-refractivity contribution in [3.63, 3.8) is 0 Å². The number of alkyl halides is 1. The molecule has 0 radical (unpaired) electrons. The van der Waals surface area contributed by atoms with Crippen molar-refractivity contribution in [3.05, 3.63) is 0 Å². The van der Waals surface area contributed by atoms with E-state index in [1.54, 1.807) is 6.92 Å². The van der Waals surface area contributed by atoms with Crippen LogP contribution in [0.25, 0.3) is 0 Å². The zero-order valence-corrected chi connectivity index (χ0v) is 7.02. The Bertz CT molecular complexity index is 179. The van der Waals surface area contributed by atoms with E-state index in [1.807, 2.05) is 0 Å². The molecule has 11 heavy (non-hydrogen) atoms. The van der Waals surface area contributed by atoms with Crippen molar-refractivity contribution in [3.8, 4) is 0 Å². The molecule has 0 fully saturated rings. The number of hydrogen-bond acceptors (Lipinski definition) is 4. The van der Waals surface area contributed by atoms with Gasteiger partial charge < -0.3 is 0 Å². The van der Waals surface area contributed by atoms with Crippen LogP contribution in [0.5, 0.6) is 0 Å². The van der Waals surface area contributed by atoms with Crippen molar-refractivity contribution < 1.29 is 18.0 Å². The molecule has 0 bridgehead atoms. The average Bonchev–Trinajstić information content (AvgIpc) is 1.85. The quantitative estimate of drug-likeness (QED) is 0.312. The summed E-state index contributed by atoms with van der Waals surface area (Å²) in [5.74, 6) is -0.256. The first-order valence-corrected chi connectivity index (χ1v) is 4.69. The molecule has 0 saturated heterocycles. The van der Waals surface area contributed by atoms with Gasteiger partial charge in [-0.25, -0.2) is 5.26 Å².